The molecule has 1 heterocycles. The van der Waals surface area contributed by atoms with E-state index in [1.807, 2.05) is 18.2 Å². The van der Waals surface area contributed by atoms with Gasteiger partial charge in [0.25, 0.3) is 0 Å². The molecule has 10 heteroatoms. The Balaban J connectivity index is 1.52. The van der Waals surface area contributed by atoms with Gasteiger partial charge in [-0.1, -0.05) is 53.5 Å². The highest BCUT2D eigenvalue weighted by Gasteiger charge is 2.16. The average molecular weight is 528 g/mol. The van der Waals surface area contributed by atoms with E-state index in [1.54, 1.807) is 48.5 Å². The first kappa shape index (κ1) is 24.7. The summed E-state index contributed by atoms with van der Waals surface area (Å²) < 4.78 is 11.2. The average Bonchev–Trinajstić information content (AvgIpc) is 3.32. The number of carboxylic acids is 1. The van der Waals surface area contributed by atoms with Crippen LogP contribution in [0.1, 0.15) is 11.1 Å². The van der Waals surface area contributed by atoms with Gasteiger partial charge in [-0.15, -0.1) is 5.10 Å². The van der Waals surface area contributed by atoms with E-state index in [9.17, 15) is 9.90 Å². The number of nitrogens with one attached hydrogen (secondary N) is 1. The lowest BCUT2D eigenvalue weighted by molar-refractivity contribution is -0.131. The van der Waals surface area contributed by atoms with E-state index in [1.165, 1.54) is 13.2 Å². The molecule has 0 aliphatic heterocycles. The number of hydrogen-bond donors (Lipinski definition) is 2. The first-order chi connectivity index (χ1) is 16.9. The maximum atomic E-state index is 11.9. The summed E-state index contributed by atoms with van der Waals surface area (Å²) in [4.78, 5) is 16.4. The molecule has 7 nitrogen and oxygen atoms in total. The zero-order chi connectivity index (χ0) is 24.8. The third-order valence-electron chi connectivity index (χ3n) is 4.80. The lowest BCUT2D eigenvalue weighted by Crippen LogP contribution is -1.98. The Bertz CT molecular complexity index is 1390. The van der Waals surface area contributed by atoms with Crippen molar-refractivity contribution in [2.75, 3.05) is 7.11 Å². The minimum Gasteiger partial charge on any atom is -0.496 e. The van der Waals surface area contributed by atoms with Gasteiger partial charge in [-0.05, 0) is 59.8 Å². The number of H-pyrrole nitrogens is 1. The quantitative estimate of drug-likeness (QED) is 0.187. The number of aromatic amines is 1. The van der Waals surface area contributed by atoms with Gasteiger partial charge in [-0.25, -0.2) is 9.78 Å². The Kier molecular flexibility index (Phi) is 7.97. The molecule has 0 bridgehead atoms. The van der Waals surface area contributed by atoms with Gasteiger partial charge in [0.05, 0.1) is 12.7 Å². The maximum absolute atomic E-state index is 11.9. The molecule has 0 aliphatic carbocycles. The fraction of sp³-hybridized carbons (Fsp3) is 0.0800. The number of benzene rings is 3. The Morgan fingerprint density at radius 1 is 1.11 bits per heavy atom. The van der Waals surface area contributed by atoms with Crippen LogP contribution in [0.25, 0.3) is 17.5 Å². The Morgan fingerprint density at radius 3 is 2.71 bits per heavy atom. The van der Waals surface area contributed by atoms with E-state index in [0.717, 1.165) is 17.3 Å². The highest BCUT2D eigenvalue weighted by atomic mass is 35.5. The Labute approximate surface area is 215 Å². The number of aliphatic carboxylic acids is 1. The summed E-state index contributed by atoms with van der Waals surface area (Å²) in [6.45, 7) is 0.292. The van der Waals surface area contributed by atoms with Gasteiger partial charge in [0.2, 0.25) is 5.16 Å². The number of carboxylic acid groups (broad SMARTS) is 1. The van der Waals surface area contributed by atoms with Crippen molar-refractivity contribution in [1.82, 2.24) is 15.2 Å². The number of nitrogens with zero attached hydrogens (tertiary/aromatic N) is 2. The smallest absolute Gasteiger partial charge is 0.342 e. The number of hydrogen-bond acceptors (Lipinski definition) is 6. The number of methoxy groups -OCH3 is 1. The Morgan fingerprint density at radius 2 is 1.94 bits per heavy atom. The summed E-state index contributed by atoms with van der Waals surface area (Å²) >= 11 is 13.2. The molecule has 0 saturated heterocycles. The molecule has 0 unspecified atom stereocenters. The van der Waals surface area contributed by atoms with Gasteiger partial charge in [0.1, 0.15) is 23.0 Å². The molecule has 2 N–H and O–H groups in total. The molecular formula is C25H19Cl2N3O4S. The van der Waals surface area contributed by atoms with Crippen molar-refractivity contribution in [1.29, 1.82) is 0 Å². The van der Waals surface area contributed by atoms with Gasteiger partial charge in [0.15, 0.2) is 5.82 Å². The van der Waals surface area contributed by atoms with Crippen molar-refractivity contribution in [2.45, 2.75) is 11.8 Å². The molecule has 0 amide bonds. The number of carbonyl (C=O) groups is 1. The topological polar surface area (TPSA) is 97.3 Å². The first-order valence-corrected chi connectivity index (χ1v) is 11.9. The molecule has 1 aromatic heterocycles. The van der Waals surface area contributed by atoms with Crippen molar-refractivity contribution < 1.29 is 19.4 Å². The van der Waals surface area contributed by atoms with Crippen LogP contribution in [0.3, 0.4) is 0 Å². The van der Waals surface area contributed by atoms with Crippen LogP contribution in [0.4, 0.5) is 0 Å². The van der Waals surface area contributed by atoms with Crippen LogP contribution in [-0.2, 0) is 11.4 Å². The molecule has 3 aromatic carbocycles. The summed E-state index contributed by atoms with van der Waals surface area (Å²) in [7, 11) is 1.54. The highest BCUT2D eigenvalue weighted by molar-refractivity contribution is 8.04. The zero-order valence-electron chi connectivity index (χ0n) is 18.4. The zero-order valence-corrected chi connectivity index (χ0v) is 20.7. The number of thioether (sulfide) groups is 1. The molecule has 0 saturated carbocycles. The van der Waals surface area contributed by atoms with Crippen molar-refractivity contribution in [3.63, 3.8) is 0 Å². The summed E-state index contributed by atoms with van der Waals surface area (Å²) in [5.41, 5.74) is 2.12. The molecule has 4 aromatic rings. The number of rotatable bonds is 9. The van der Waals surface area contributed by atoms with Gasteiger partial charge >= 0.3 is 5.97 Å². The third kappa shape index (κ3) is 6.36. The first-order valence-electron chi connectivity index (χ1n) is 10.3. The second kappa shape index (κ2) is 11.3. The van der Waals surface area contributed by atoms with E-state index >= 15 is 0 Å². The molecule has 0 radical (unpaired) electrons. The second-order valence-corrected chi connectivity index (χ2v) is 9.03. The number of ether oxygens (including phenoxy) is 2. The standard InChI is InChI=1S/C25H19Cl2N3O4S/c1-33-21-10-9-17(26)13-19(21)23-28-25(30-29-23)35-22(24(31)32)12-15-5-4-7-18(11-15)34-14-16-6-2-3-8-20(16)27/h2-13H,14H2,1H3,(H,31,32)(H,28,29,30)/b22-12-. The summed E-state index contributed by atoms with van der Waals surface area (Å²) in [6.07, 6.45) is 1.53. The largest absolute Gasteiger partial charge is 0.496 e. The van der Waals surface area contributed by atoms with E-state index < -0.39 is 5.97 Å². The lowest BCUT2D eigenvalue weighted by Gasteiger charge is -2.08. The molecular weight excluding hydrogens is 509 g/mol. The molecule has 4 rings (SSSR count). The van der Waals surface area contributed by atoms with Crippen molar-refractivity contribution in [2.24, 2.45) is 0 Å². The molecule has 35 heavy (non-hydrogen) atoms. The fourth-order valence-corrected chi connectivity index (χ4v) is 4.20. The van der Waals surface area contributed by atoms with Crippen LogP contribution in [0.2, 0.25) is 10.0 Å². The van der Waals surface area contributed by atoms with Crippen LogP contribution < -0.4 is 9.47 Å². The SMILES string of the molecule is COc1ccc(Cl)cc1-c1nc(S/C(=C\c2cccc(OCc3ccccc3Cl)c2)C(=O)O)n[nH]1. The second-order valence-electron chi connectivity index (χ2n) is 7.18. The number of halogens is 2. The molecule has 178 valence electrons. The normalized spacial score (nSPS) is 11.3. The summed E-state index contributed by atoms with van der Waals surface area (Å²) in [5.74, 6) is 0.446. The molecule has 0 spiro atoms. The van der Waals surface area contributed by atoms with E-state index in [0.29, 0.717) is 45.1 Å². The molecule has 0 fully saturated rings. The van der Waals surface area contributed by atoms with Crippen LogP contribution in [0.15, 0.2) is 76.8 Å². The van der Waals surface area contributed by atoms with Crippen molar-refractivity contribution in [3.8, 4) is 22.9 Å². The van der Waals surface area contributed by atoms with Gasteiger partial charge < -0.3 is 14.6 Å². The van der Waals surface area contributed by atoms with Crippen LogP contribution >= 0.6 is 35.0 Å². The van der Waals surface area contributed by atoms with Crippen molar-refractivity contribution >= 4 is 47.0 Å². The third-order valence-corrected chi connectivity index (χ3v) is 6.28. The molecule has 0 atom stereocenters. The van der Waals surface area contributed by atoms with E-state index in [2.05, 4.69) is 15.2 Å². The predicted octanol–water partition coefficient (Wildman–Crippen LogP) is 6.58. The minimum atomic E-state index is -1.11. The highest BCUT2D eigenvalue weighted by Crippen LogP contribution is 2.33. The van der Waals surface area contributed by atoms with E-state index in [-0.39, 0.29) is 10.1 Å². The Hall–Kier alpha value is -3.46. The van der Waals surface area contributed by atoms with Gasteiger partial charge in [0, 0.05) is 15.6 Å². The van der Waals surface area contributed by atoms with Gasteiger partial charge in [-0.3, -0.25) is 5.10 Å². The van der Waals surface area contributed by atoms with Gasteiger partial charge in [-0.2, -0.15) is 0 Å². The summed E-state index contributed by atoms with van der Waals surface area (Å²) in [5, 5.41) is 18.1. The maximum Gasteiger partial charge on any atom is 0.342 e. The predicted molar refractivity (Wildman–Crippen MR) is 137 cm³/mol. The summed E-state index contributed by atoms with van der Waals surface area (Å²) in [6, 6.07) is 19.6. The minimum absolute atomic E-state index is 0.0388. The van der Waals surface area contributed by atoms with Crippen LogP contribution in [0.5, 0.6) is 11.5 Å². The van der Waals surface area contributed by atoms with E-state index in [4.69, 9.17) is 32.7 Å². The van der Waals surface area contributed by atoms with Crippen molar-refractivity contribution in [3.05, 3.63) is 92.8 Å². The fourth-order valence-electron chi connectivity index (χ4n) is 3.13. The monoisotopic (exact) mass is 527 g/mol. The number of aromatic nitrogens is 3. The van der Waals surface area contributed by atoms with Crippen LogP contribution in [0, 0.1) is 0 Å². The lowest BCUT2D eigenvalue weighted by atomic mass is 10.2. The molecule has 0 aliphatic rings. The van der Waals surface area contributed by atoms with Crippen LogP contribution in [-0.4, -0.2) is 33.4 Å².